The fraction of sp³-hybridized carbons (Fsp3) is 0.455. The number of ether oxygens (including phenoxy) is 1. The first kappa shape index (κ1) is 9.49. The molecule has 2 rings (SSSR count). The molecule has 0 aromatic heterocycles. The SMILES string of the molecule is COc1ccc2c(c1)CN(CCO)C2. The largest absolute Gasteiger partial charge is 0.497 e. The highest BCUT2D eigenvalue weighted by Crippen LogP contribution is 2.26. The molecule has 1 aliphatic heterocycles. The first-order valence-corrected chi connectivity index (χ1v) is 4.82. The highest BCUT2D eigenvalue weighted by molar-refractivity contribution is 5.37. The Hall–Kier alpha value is -1.06. The van der Waals surface area contributed by atoms with E-state index in [2.05, 4.69) is 17.0 Å². The molecule has 0 spiro atoms. The smallest absolute Gasteiger partial charge is 0.119 e. The number of rotatable bonds is 3. The van der Waals surface area contributed by atoms with Gasteiger partial charge in [-0.1, -0.05) is 6.07 Å². The Labute approximate surface area is 83.9 Å². The molecule has 1 aromatic rings. The van der Waals surface area contributed by atoms with E-state index in [4.69, 9.17) is 9.84 Å². The topological polar surface area (TPSA) is 32.7 Å². The third kappa shape index (κ3) is 1.74. The molecule has 0 saturated carbocycles. The van der Waals surface area contributed by atoms with E-state index in [0.29, 0.717) is 0 Å². The van der Waals surface area contributed by atoms with Crippen LogP contribution in [0.3, 0.4) is 0 Å². The molecule has 0 atom stereocenters. The molecule has 3 heteroatoms. The summed E-state index contributed by atoms with van der Waals surface area (Å²) in [4.78, 5) is 2.23. The van der Waals surface area contributed by atoms with Crippen molar-refractivity contribution in [3.05, 3.63) is 29.3 Å². The molecule has 0 fully saturated rings. The Bertz CT molecular complexity index is 325. The first-order valence-electron chi connectivity index (χ1n) is 4.82. The number of hydrogen-bond acceptors (Lipinski definition) is 3. The summed E-state index contributed by atoms with van der Waals surface area (Å²) in [5, 5.41) is 8.84. The highest BCUT2D eigenvalue weighted by atomic mass is 16.5. The average molecular weight is 193 g/mol. The second kappa shape index (κ2) is 3.98. The summed E-state index contributed by atoms with van der Waals surface area (Å²) in [5.41, 5.74) is 2.66. The third-order valence-corrected chi connectivity index (χ3v) is 2.62. The second-order valence-electron chi connectivity index (χ2n) is 3.57. The molecule has 1 aromatic carbocycles. The van der Waals surface area contributed by atoms with Crippen molar-refractivity contribution in [3.8, 4) is 5.75 Å². The number of aliphatic hydroxyl groups is 1. The highest BCUT2D eigenvalue weighted by Gasteiger charge is 2.18. The summed E-state index contributed by atoms with van der Waals surface area (Å²) in [7, 11) is 1.68. The molecule has 76 valence electrons. The van der Waals surface area contributed by atoms with Gasteiger partial charge < -0.3 is 9.84 Å². The molecule has 0 amide bonds. The lowest BCUT2D eigenvalue weighted by atomic mass is 10.1. The summed E-state index contributed by atoms with van der Waals surface area (Å²) in [6.07, 6.45) is 0. The molecule has 0 saturated heterocycles. The van der Waals surface area contributed by atoms with Gasteiger partial charge in [0, 0.05) is 19.6 Å². The first-order chi connectivity index (χ1) is 6.83. The lowest BCUT2D eigenvalue weighted by Crippen LogP contribution is -2.20. The number of aliphatic hydroxyl groups excluding tert-OH is 1. The van der Waals surface area contributed by atoms with Gasteiger partial charge >= 0.3 is 0 Å². The lowest BCUT2D eigenvalue weighted by Gasteiger charge is -2.11. The summed E-state index contributed by atoms with van der Waals surface area (Å²) < 4.78 is 5.17. The molecule has 1 aliphatic rings. The molecule has 1 N–H and O–H groups in total. The van der Waals surface area contributed by atoms with E-state index < -0.39 is 0 Å². The van der Waals surface area contributed by atoms with Crippen LogP contribution in [0.25, 0.3) is 0 Å². The van der Waals surface area contributed by atoms with E-state index in [0.717, 1.165) is 25.4 Å². The molecule has 3 nitrogen and oxygen atoms in total. The van der Waals surface area contributed by atoms with Crippen LogP contribution in [0.4, 0.5) is 0 Å². The van der Waals surface area contributed by atoms with Crippen molar-refractivity contribution in [1.82, 2.24) is 4.90 Å². The van der Waals surface area contributed by atoms with Crippen LogP contribution in [0.5, 0.6) is 5.75 Å². The standard InChI is InChI=1S/C11H15NO2/c1-14-11-3-2-9-7-12(4-5-13)8-10(9)6-11/h2-3,6,13H,4-5,7-8H2,1H3. The predicted octanol–water partition coefficient (Wildman–Crippen LogP) is 1.00. The maximum atomic E-state index is 8.84. The molecular formula is C11H15NO2. The zero-order valence-corrected chi connectivity index (χ0v) is 8.36. The van der Waals surface area contributed by atoms with E-state index in [1.807, 2.05) is 6.07 Å². The number of methoxy groups -OCH3 is 1. The van der Waals surface area contributed by atoms with Crippen molar-refractivity contribution in [2.75, 3.05) is 20.3 Å². The van der Waals surface area contributed by atoms with Crippen LogP contribution < -0.4 is 4.74 Å². The fourth-order valence-corrected chi connectivity index (χ4v) is 1.87. The number of nitrogens with zero attached hydrogens (tertiary/aromatic N) is 1. The van der Waals surface area contributed by atoms with E-state index >= 15 is 0 Å². The van der Waals surface area contributed by atoms with Gasteiger partial charge in [0.2, 0.25) is 0 Å². The van der Waals surface area contributed by atoms with Crippen LogP contribution in [0, 0.1) is 0 Å². The minimum absolute atomic E-state index is 0.227. The van der Waals surface area contributed by atoms with E-state index in [1.165, 1.54) is 11.1 Å². The van der Waals surface area contributed by atoms with Gasteiger partial charge in [0.15, 0.2) is 0 Å². The zero-order chi connectivity index (χ0) is 9.97. The van der Waals surface area contributed by atoms with Gasteiger partial charge in [-0.05, 0) is 23.3 Å². The summed E-state index contributed by atoms with van der Waals surface area (Å²) in [6, 6.07) is 6.17. The second-order valence-corrected chi connectivity index (χ2v) is 3.57. The van der Waals surface area contributed by atoms with Crippen LogP contribution in [-0.2, 0) is 13.1 Å². The predicted molar refractivity (Wildman–Crippen MR) is 54.2 cm³/mol. The maximum Gasteiger partial charge on any atom is 0.119 e. The monoisotopic (exact) mass is 193 g/mol. The van der Waals surface area contributed by atoms with E-state index in [-0.39, 0.29) is 6.61 Å². The van der Waals surface area contributed by atoms with Crippen molar-refractivity contribution in [3.63, 3.8) is 0 Å². The molecule has 1 heterocycles. The van der Waals surface area contributed by atoms with Crippen LogP contribution in [0.1, 0.15) is 11.1 Å². The number of benzene rings is 1. The van der Waals surface area contributed by atoms with E-state index in [9.17, 15) is 0 Å². The zero-order valence-electron chi connectivity index (χ0n) is 8.36. The summed E-state index contributed by atoms with van der Waals surface area (Å²) in [6.45, 7) is 2.84. The maximum absolute atomic E-state index is 8.84. The van der Waals surface area contributed by atoms with Crippen LogP contribution in [-0.4, -0.2) is 30.3 Å². The Morgan fingerprint density at radius 3 is 2.86 bits per heavy atom. The number of hydrogen-bond donors (Lipinski definition) is 1. The van der Waals surface area contributed by atoms with Gasteiger partial charge in [-0.2, -0.15) is 0 Å². The van der Waals surface area contributed by atoms with Crippen molar-refractivity contribution in [2.45, 2.75) is 13.1 Å². The fourth-order valence-electron chi connectivity index (χ4n) is 1.87. The van der Waals surface area contributed by atoms with Gasteiger partial charge in [0.05, 0.1) is 13.7 Å². The van der Waals surface area contributed by atoms with Crippen LogP contribution in [0.15, 0.2) is 18.2 Å². The van der Waals surface area contributed by atoms with Gasteiger partial charge in [-0.3, -0.25) is 4.90 Å². The molecule has 0 radical (unpaired) electrons. The van der Waals surface area contributed by atoms with E-state index in [1.54, 1.807) is 7.11 Å². The normalized spacial score (nSPS) is 15.6. The molecule has 0 aliphatic carbocycles. The molecule has 0 bridgehead atoms. The van der Waals surface area contributed by atoms with Crippen molar-refractivity contribution in [2.24, 2.45) is 0 Å². The molecule has 0 unspecified atom stereocenters. The third-order valence-electron chi connectivity index (χ3n) is 2.62. The lowest BCUT2D eigenvalue weighted by molar-refractivity contribution is 0.198. The summed E-state index contributed by atoms with van der Waals surface area (Å²) in [5.74, 6) is 0.912. The van der Waals surface area contributed by atoms with Crippen LogP contribution >= 0.6 is 0 Å². The Morgan fingerprint density at radius 1 is 1.36 bits per heavy atom. The quantitative estimate of drug-likeness (QED) is 0.777. The minimum Gasteiger partial charge on any atom is -0.497 e. The number of fused-ring (bicyclic) bond motifs is 1. The van der Waals surface area contributed by atoms with Crippen molar-refractivity contribution in [1.29, 1.82) is 0 Å². The average Bonchev–Trinajstić information content (AvgIpc) is 2.59. The molecule has 14 heavy (non-hydrogen) atoms. The Balaban J connectivity index is 2.14. The minimum atomic E-state index is 0.227. The van der Waals surface area contributed by atoms with Gasteiger partial charge in [-0.25, -0.2) is 0 Å². The van der Waals surface area contributed by atoms with Gasteiger partial charge in [0.1, 0.15) is 5.75 Å². The van der Waals surface area contributed by atoms with Crippen molar-refractivity contribution >= 4 is 0 Å². The van der Waals surface area contributed by atoms with Gasteiger partial charge in [-0.15, -0.1) is 0 Å². The van der Waals surface area contributed by atoms with Gasteiger partial charge in [0.25, 0.3) is 0 Å². The number of β-amino-alcohol motifs (C(OH)–C–C–N with tert-alkyl or cyclic N) is 1. The van der Waals surface area contributed by atoms with Crippen LogP contribution in [0.2, 0.25) is 0 Å². The Morgan fingerprint density at radius 2 is 2.14 bits per heavy atom. The summed E-state index contributed by atoms with van der Waals surface area (Å²) >= 11 is 0. The van der Waals surface area contributed by atoms with Crippen molar-refractivity contribution < 1.29 is 9.84 Å². The Kier molecular flexibility index (Phi) is 2.70. The molecular weight excluding hydrogens is 178 g/mol.